The van der Waals surface area contributed by atoms with Crippen molar-refractivity contribution in [3.05, 3.63) is 29.3 Å². The maximum atomic E-state index is 11.7. The number of hydrogen-bond acceptors (Lipinski definition) is 2. The van der Waals surface area contributed by atoms with E-state index in [1.165, 1.54) is 24.0 Å². The molecule has 1 heterocycles. The number of rotatable bonds is 4. The Morgan fingerprint density at radius 3 is 2.89 bits per heavy atom. The van der Waals surface area contributed by atoms with Gasteiger partial charge in [0.1, 0.15) is 0 Å². The fourth-order valence-electron chi connectivity index (χ4n) is 2.90. The summed E-state index contributed by atoms with van der Waals surface area (Å²) in [6.07, 6.45) is 5.27. The molecule has 3 heteroatoms. The van der Waals surface area contributed by atoms with Gasteiger partial charge >= 0.3 is 0 Å². The van der Waals surface area contributed by atoms with E-state index in [-0.39, 0.29) is 5.91 Å². The summed E-state index contributed by atoms with van der Waals surface area (Å²) in [5.41, 5.74) is 3.78. The van der Waals surface area contributed by atoms with Gasteiger partial charge < -0.3 is 10.2 Å². The zero-order chi connectivity index (χ0) is 13.4. The molecule has 1 aliphatic carbocycles. The molecule has 19 heavy (non-hydrogen) atoms. The fourth-order valence-corrected chi connectivity index (χ4v) is 2.90. The molecule has 3 nitrogen and oxygen atoms in total. The summed E-state index contributed by atoms with van der Waals surface area (Å²) in [5, 5.41) is 3.63. The van der Waals surface area contributed by atoms with Crippen molar-refractivity contribution >= 4 is 11.6 Å². The Hall–Kier alpha value is -1.35. The third-order valence-electron chi connectivity index (χ3n) is 4.13. The van der Waals surface area contributed by atoms with Crippen LogP contribution in [0.25, 0.3) is 0 Å². The first-order valence-corrected chi connectivity index (χ1v) is 7.28. The molecule has 1 atom stereocenters. The molecule has 1 saturated carbocycles. The zero-order valence-corrected chi connectivity index (χ0v) is 11.8. The summed E-state index contributed by atoms with van der Waals surface area (Å²) in [7, 11) is 1.87. The Balaban J connectivity index is 1.71. The highest BCUT2D eigenvalue weighted by molar-refractivity contribution is 5.95. The van der Waals surface area contributed by atoms with Crippen molar-refractivity contribution in [2.45, 2.75) is 51.1 Å². The highest BCUT2D eigenvalue weighted by Crippen LogP contribution is 2.28. The van der Waals surface area contributed by atoms with Crippen molar-refractivity contribution in [3.8, 4) is 0 Å². The normalized spacial score (nSPS) is 20.3. The van der Waals surface area contributed by atoms with E-state index < -0.39 is 0 Å². The molecule has 0 saturated heterocycles. The molecule has 1 aromatic rings. The van der Waals surface area contributed by atoms with Crippen LogP contribution in [0.4, 0.5) is 5.69 Å². The zero-order valence-electron chi connectivity index (χ0n) is 11.8. The summed E-state index contributed by atoms with van der Waals surface area (Å²) in [4.78, 5) is 13.4. The standard InChI is InChI=1S/C16H22N2O/c1-11(17-14-5-6-14)9-12-3-7-15-13(10-12)4-8-16(19)18(15)2/h3,7,10-11,14,17H,4-6,8-9H2,1-2H3. The highest BCUT2D eigenvalue weighted by Gasteiger charge is 2.23. The summed E-state index contributed by atoms with van der Waals surface area (Å²) < 4.78 is 0. The highest BCUT2D eigenvalue weighted by atomic mass is 16.2. The molecular weight excluding hydrogens is 236 g/mol. The van der Waals surface area contributed by atoms with Crippen LogP contribution in [-0.4, -0.2) is 25.0 Å². The van der Waals surface area contributed by atoms with E-state index in [2.05, 4.69) is 30.4 Å². The SMILES string of the molecule is CC(Cc1ccc2c(c1)CCC(=O)N2C)NC1CC1. The quantitative estimate of drug-likeness (QED) is 0.898. The van der Waals surface area contributed by atoms with Gasteiger partial charge in [0.2, 0.25) is 5.91 Å². The lowest BCUT2D eigenvalue weighted by Crippen LogP contribution is -2.32. The second-order valence-corrected chi connectivity index (χ2v) is 5.96. The molecule has 3 rings (SSSR count). The van der Waals surface area contributed by atoms with Crippen LogP contribution in [0, 0.1) is 0 Å². The van der Waals surface area contributed by atoms with E-state index in [1.807, 2.05) is 7.05 Å². The van der Waals surface area contributed by atoms with Crippen LogP contribution in [0.5, 0.6) is 0 Å². The van der Waals surface area contributed by atoms with E-state index in [4.69, 9.17) is 0 Å². The molecule has 1 N–H and O–H groups in total. The van der Waals surface area contributed by atoms with Crippen molar-refractivity contribution in [1.82, 2.24) is 5.32 Å². The predicted molar refractivity (Wildman–Crippen MR) is 77.5 cm³/mol. The van der Waals surface area contributed by atoms with Gasteiger partial charge in [0, 0.05) is 31.2 Å². The number of nitrogens with zero attached hydrogens (tertiary/aromatic N) is 1. The van der Waals surface area contributed by atoms with Crippen LogP contribution in [0.1, 0.15) is 37.3 Å². The third kappa shape index (κ3) is 2.81. The molecule has 0 aromatic heterocycles. The molecule has 1 amide bonds. The van der Waals surface area contributed by atoms with E-state index in [0.29, 0.717) is 12.5 Å². The number of hydrogen-bond donors (Lipinski definition) is 1. The molecule has 1 unspecified atom stereocenters. The van der Waals surface area contributed by atoms with Gasteiger partial charge in [0.25, 0.3) is 0 Å². The monoisotopic (exact) mass is 258 g/mol. The molecular formula is C16H22N2O. The smallest absolute Gasteiger partial charge is 0.227 e. The van der Waals surface area contributed by atoms with Crippen molar-refractivity contribution in [1.29, 1.82) is 0 Å². The minimum atomic E-state index is 0.226. The molecule has 0 bridgehead atoms. The number of amides is 1. The lowest BCUT2D eigenvalue weighted by Gasteiger charge is -2.26. The number of carbonyl (C=O) groups excluding carboxylic acids is 1. The first kappa shape index (κ1) is 12.7. The molecule has 0 spiro atoms. The average molecular weight is 258 g/mol. The largest absolute Gasteiger partial charge is 0.315 e. The van der Waals surface area contributed by atoms with Gasteiger partial charge in [-0.05, 0) is 49.8 Å². The molecule has 102 valence electrons. The molecule has 1 aliphatic heterocycles. The predicted octanol–water partition coefficient (Wildman–Crippen LogP) is 2.28. The first-order chi connectivity index (χ1) is 9.13. The van der Waals surface area contributed by atoms with E-state index in [0.717, 1.165) is 24.6 Å². The Morgan fingerprint density at radius 1 is 1.37 bits per heavy atom. The summed E-state index contributed by atoms with van der Waals surface area (Å²) in [6.45, 7) is 2.26. The van der Waals surface area contributed by atoms with Gasteiger partial charge in [-0.15, -0.1) is 0 Å². The topological polar surface area (TPSA) is 32.3 Å². The van der Waals surface area contributed by atoms with Crippen molar-refractivity contribution < 1.29 is 4.79 Å². The van der Waals surface area contributed by atoms with Gasteiger partial charge in [-0.2, -0.15) is 0 Å². The summed E-state index contributed by atoms with van der Waals surface area (Å²) in [5.74, 6) is 0.226. The van der Waals surface area contributed by atoms with Crippen LogP contribution < -0.4 is 10.2 Å². The molecule has 0 radical (unpaired) electrons. The molecule has 2 aliphatic rings. The van der Waals surface area contributed by atoms with Crippen molar-refractivity contribution in [2.75, 3.05) is 11.9 Å². The van der Waals surface area contributed by atoms with Gasteiger partial charge in [0.05, 0.1) is 0 Å². The number of fused-ring (bicyclic) bond motifs is 1. The minimum absolute atomic E-state index is 0.226. The number of nitrogens with one attached hydrogen (secondary N) is 1. The minimum Gasteiger partial charge on any atom is -0.315 e. The van der Waals surface area contributed by atoms with E-state index in [9.17, 15) is 4.79 Å². The number of aryl methyl sites for hydroxylation is 1. The fraction of sp³-hybridized carbons (Fsp3) is 0.562. The van der Waals surface area contributed by atoms with Crippen molar-refractivity contribution in [3.63, 3.8) is 0 Å². The second kappa shape index (κ2) is 4.97. The average Bonchev–Trinajstić information content (AvgIpc) is 3.18. The number of anilines is 1. The lowest BCUT2D eigenvalue weighted by molar-refractivity contribution is -0.118. The van der Waals surface area contributed by atoms with Crippen LogP contribution in [0.15, 0.2) is 18.2 Å². The third-order valence-corrected chi connectivity index (χ3v) is 4.13. The van der Waals surface area contributed by atoms with Crippen LogP contribution >= 0.6 is 0 Å². The molecule has 1 aromatic carbocycles. The number of carbonyl (C=O) groups is 1. The van der Waals surface area contributed by atoms with Crippen molar-refractivity contribution in [2.24, 2.45) is 0 Å². The van der Waals surface area contributed by atoms with E-state index >= 15 is 0 Å². The number of benzene rings is 1. The first-order valence-electron chi connectivity index (χ1n) is 7.28. The van der Waals surface area contributed by atoms with Crippen LogP contribution in [0.2, 0.25) is 0 Å². The maximum Gasteiger partial charge on any atom is 0.227 e. The van der Waals surface area contributed by atoms with Crippen LogP contribution in [-0.2, 0) is 17.6 Å². The van der Waals surface area contributed by atoms with Gasteiger partial charge in [-0.25, -0.2) is 0 Å². The lowest BCUT2D eigenvalue weighted by atomic mass is 9.97. The second-order valence-electron chi connectivity index (χ2n) is 5.96. The van der Waals surface area contributed by atoms with Gasteiger partial charge in [-0.3, -0.25) is 4.79 Å². The van der Waals surface area contributed by atoms with Crippen LogP contribution in [0.3, 0.4) is 0 Å². The van der Waals surface area contributed by atoms with E-state index in [1.54, 1.807) is 4.90 Å². The Labute approximate surface area is 115 Å². The summed E-state index contributed by atoms with van der Waals surface area (Å²) >= 11 is 0. The van der Waals surface area contributed by atoms with Gasteiger partial charge in [0.15, 0.2) is 0 Å². The Bertz CT molecular complexity index is 494. The molecule has 1 fully saturated rings. The van der Waals surface area contributed by atoms with Gasteiger partial charge in [-0.1, -0.05) is 12.1 Å². The Morgan fingerprint density at radius 2 is 2.16 bits per heavy atom. The Kier molecular flexibility index (Phi) is 3.31. The maximum absolute atomic E-state index is 11.7. The summed E-state index contributed by atoms with van der Waals surface area (Å²) in [6, 6.07) is 7.85.